The summed E-state index contributed by atoms with van der Waals surface area (Å²) < 4.78 is 0. The maximum atomic E-state index is 12.5. The van der Waals surface area contributed by atoms with Crippen molar-refractivity contribution >= 4 is 17.2 Å². The third-order valence-electron chi connectivity index (χ3n) is 4.78. The zero-order chi connectivity index (χ0) is 15.8. The van der Waals surface area contributed by atoms with Crippen LogP contribution >= 0.6 is 11.3 Å². The van der Waals surface area contributed by atoms with Crippen LogP contribution in [0.1, 0.15) is 49.4 Å². The Kier molecular flexibility index (Phi) is 3.87. The average Bonchev–Trinajstić information content (AvgIpc) is 3.13. The van der Waals surface area contributed by atoms with Crippen molar-refractivity contribution in [3.05, 3.63) is 44.4 Å². The summed E-state index contributed by atoms with van der Waals surface area (Å²) in [7, 11) is 0. The molecular weight excluding hydrogens is 308 g/mol. The smallest absolute Gasteiger partial charge is 0.251 e. The van der Waals surface area contributed by atoms with Crippen LogP contribution in [0.5, 0.6) is 0 Å². The summed E-state index contributed by atoms with van der Waals surface area (Å²) in [5.41, 5.74) is 4.74. The molecule has 4 rings (SSSR count). The molecule has 1 aliphatic carbocycles. The molecule has 0 unspecified atom stereocenters. The number of carbonyl (C=O) groups is 1. The molecule has 1 saturated heterocycles. The summed E-state index contributed by atoms with van der Waals surface area (Å²) in [5, 5.41) is 16.6. The molecule has 2 heterocycles. The van der Waals surface area contributed by atoms with Gasteiger partial charge in [-0.3, -0.25) is 4.79 Å². The minimum Gasteiger partial charge on any atom is -0.345 e. The lowest BCUT2D eigenvalue weighted by molar-refractivity contribution is 0.0950. The van der Waals surface area contributed by atoms with Gasteiger partial charge in [-0.2, -0.15) is 0 Å². The van der Waals surface area contributed by atoms with Gasteiger partial charge in [-0.05, 0) is 48.9 Å². The highest BCUT2D eigenvalue weighted by atomic mass is 32.1. The third kappa shape index (κ3) is 2.77. The predicted molar refractivity (Wildman–Crippen MR) is 89.9 cm³/mol. The Balaban J connectivity index is 1.44. The largest absolute Gasteiger partial charge is 0.345 e. The number of nitrogens with one attached hydrogen (secondary N) is 2. The first kappa shape index (κ1) is 14.8. The van der Waals surface area contributed by atoms with Gasteiger partial charge in [0.05, 0.1) is 6.54 Å². The Labute approximate surface area is 139 Å². The van der Waals surface area contributed by atoms with Crippen LogP contribution in [0.3, 0.4) is 0 Å². The zero-order valence-electron chi connectivity index (χ0n) is 13.2. The number of benzene rings is 1. The standard InChI is InChI=1S/C17H20N4OS/c1-10-5-6-14(13-4-2-3-12(10)13)16(22)19-9-15-20-21-17(23-15)11-7-18-8-11/h5-6,11,18H,2-4,7-9H2,1H3,(H,19,22). The average molecular weight is 328 g/mol. The van der Waals surface area contributed by atoms with Gasteiger partial charge >= 0.3 is 0 Å². The highest BCUT2D eigenvalue weighted by Crippen LogP contribution is 2.28. The number of amides is 1. The Bertz CT molecular complexity index is 751. The lowest BCUT2D eigenvalue weighted by Crippen LogP contribution is -2.39. The first-order valence-electron chi connectivity index (χ1n) is 8.15. The summed E-state index contributed by atoms with van der Waals surface area (Å²) in [6.45, 7) is 4.55. The maximum Gasteiger partial charge on any atom is 0.251 e. The molecule has 6 heteroatoms. The first-order valence-corrected chi connectivity index (χ1v) is 8.96. The van der Waals surface area contributed by atoms with E-state index in [2.05, 4.69) is 33.8 Å². The molecule has 0 saturated carbocycles. The van der Waals surface area contributed by atoms with Gasteiger partial charge in [0.2, 0.25) is 0 Å². The molecule has 23 heavy (non-hydrogen) atoms. The van der Waals surface area contributed by atoms with Crippen LogP contribution in [-0.2, 0) is 19.4 Å². The second-order valence-electron chi connectivity index (χ2n) is 6.31. The molecule has 1 aliphatic heterocycles. The van der Waals surface area contributed by atoms with Crippen molar-refractivity contribution in [1.29, 1.82) is 0 Å². The molecule has 0 atom stereocenters. The van der Waals surface area contributed by atoms with Crippen molar-refractivity contribution in [2.24, 2.45) is 0 Å². The number of hydrogen-bond acceptors (Lipinski definition) is 5. The SMILES string of the molecule is Cc1ccc(C(=O)NCc2nnc(C3CNC3)s2)c2c1CCC2. The summed E-state index contributed by atoms with van der Waals surface area (Å²) >= 11 is 1.60. The van der Waals surface area contributed by atoms with Crippen LogP contribution in [-0.4, -0.2) is 29.2 Å². The van der Waals surface area contributed by atoms with E-state index in [1.54, 1.807) is 11.3 Å². The van der Waals surface area contributed by atoms with Crippen molar-refractivity contribution in [3.8, 4) is 0 Å². The van der Waals surface area contributed by atoms with Crippen LogP contribution in [0, 0.1) is 6.92 Å². The van der Waals surface area contributed by atoms with Crippen LogP contribution < -0.4 is 10.6 Å². The number of rotatable bonds is 4. The fourth-order valence-corrected chi connectivity index (χ4v) is 4.20. The van der Waals surface area contributed by atoms with E-state index >= 15 is 0 Å². The Morgan fingerprint density at radius 1 is 1.30 bits per heavy atom. The van der Waals surface area contributed by atoms with E-state index in [1.165, 1.54) is 16.7 Å². The summed E-state index contributed by atoms with van der Waals surface area (Å²) in [6.07, 6.45) is 3.25. The van der Waals surface area contributed by atoms with E-state index in [0.29, 0.717) is 12.5 Å². The molecule has 2 N–H and O–H groups in total. The van der Waals surface area contributed by atoms with E-state index in [9.17, 15) is 4.79 Å². The molecule has 0 bridgehead atoms. The summed E-state index contributed by atoms with van der Waals surface area (Å²) in [5.74, 6) is 0.502. The van der Waals surface area contributed by atoms with Gasteiger partial charge in [-0.15, -0.1) is 10.2 Å². The zero-order valence-corrected chi connectivity index (χ0v) is 14.0. The van der Waals surface area contributed by atoms with Gasteiger partial charge in [0, 0.05) is 24.6 Å². The van der Waals surface area contributed by atoms with Gasteiger partial charge in [-0.1, -0.05) is 17.4 Å². The number of nitrogens with zero attached hydrogens (tertiary/aromatic N) is 2. The second-order valence-corrected chi connectivity index (χ2v) is 7.41. The molecule has 2 aliphatic rings. The number of hydrogen-bond donors (Lipinski definition) is 2. The molecule has 5 nitrogen and oxygen atoms in total. The van der Waals surface area contributed by atoms with Crippen molar-refractivity contribution < 1.29 is 4.79 Å². The van der Waals surface area contributed by atoms with E-state index < -0.39 is 0 Å². The minimum atomic E-state index is 0.00482. The van der Waals surface area contributed by atoms with Crippen molar-refractivity contribution in [3.63, 3.8) is 0 Å². The molecular formula is C17H20N4OS. The summed E-state index contributed by atoms with van der Waals surface area (Å²) in [6, 6.07) is 4.02. The lowest BCUT2D eigenvalue weighted by Gasteiger charge is -2.23. The molecule has 0 radical (unpaired) electrons. The number of fused-ring (bicyclic) bond motifs is 1. The molecule has 120 valence electrons. The topological polar surface area (TPSA) is 66.9 Å². The van der Waals surface area contributed by atoms with Gasteiger partial charge in [0.25, 0.3) is 5.91 Å². The second kappa shape index (κ2) is 6.02. The van der Waals surface area contributed by atoms with Crippen molar-refractivity contribution in [1.82, 2.24) is 20.8 Å². The van der Waals surface area contributed by atoms with Gasteiger partial charge in [-0.25, -0.2) is 0 Å². The van der Waals surface area contributed by atoms with Crippen molar-refractivity contribution in [2.45, 2.75) is 38.6 Å². The van der Waals surface area contributed by atoms with Crippen molar-refractivity contribution in [2.75, 3.05) is 13.1 Å². The molecule has 2 aromatic rings. The molecule has 1 aromatic heterocycles. The van der Waals surface area contributed by atoms with E-state index in [-0.39, 0.29) is 5.91 Å². The Hall–Kier alpha value is -1.79. The minimum absolute atomic E-state index is 0.00482. The van der Waals surface area contributed by atoms with Gasteiger partial charge in [0.1, 0.15) is 10.0 Å². The molecule has 1 aromatic carbocycles. The fourth-order valence-electron chi connectivity index (χ4n) is 3.32. The predicted octanol–water partition coefficient (Wildman–Crippen LogP) is 1.95. The highest BCUT2D eigenvalue weighted by molar-refractivity contribution is 7.11. The third-order valence-corrected chi connectivity index (χ3v) is 5.86. The maximum absolute atomic E-state index is 12.5. The van der Waals surface area contributed by atoms with Crippen LogP contribution in [0.4, 0.5) is 0 Å². The first-order chi connectivity index (χ1) is 11.2. The van der Waals surface area contributed by atoms with Crippen LogP contribution in [0.15, 0.2) is 12.1 Å². The normalized spacial score (nSPS) is 16.9. The molecule has 0 spiro atoms. The monoisotopic (exact) mass is 328 g/mol. The molecule has 1 fully saturated rings. The molecule has 1 amide bonds. The Morgan fingerprint density at radius 2 is 2.13 bits per heavy atom. The van der Waals surface area contributed by atoms with E-state index in [1.807, 2.05) is 6.07 Å². The Morgan fingerprint density at radius 3 is 2.91 bits per heavy atom. The van der Waals surface area contributed by atoms with Gasteiger partial charge in [0.15, 0.2) is 0 Å². The van der Waals surface area contributed by atoms with E-state index in [4.69, 9.17) is 0 Å². The lowest BCUT2D eigenvalue weighted by atomic mass is 9.98. The number of aryl methyl sites for hydroxylation is 1. The van der Waals surface area contributed by atoms with Crippen LogP contribution in [0.2, 0.25) is 0 Å². The number of aromatic nitrogens is 2. The van der Waals surface area contributed by atoms with E-state index in [0.717, 1.165) is 47.9 Å². The summed E-state index contributed by atoms with van der Waals surface area (Å²) in [4.78, 5) is 12.5. The fraction of sp³-hybridized carbons (Fsp3) is 0.471. The quantitative estimate of drug-likeness (QED) is 0.900. The van der Waals surface area contributed by atoms with Gasteiger partial charge < -0.3 is 10.6 Å². The highest BCUT2D eigenvalue weighted by Gasteiger charge is 2.24. The van der Waals surface area contributed by atoms with Crippen LogP contribution in [0.25, 0.3) is 0 Å². The number of carbonyl (C=O) groups excluding carboxylic acids is 1.